The third-order valence-corrected chi connectivity index (χ3v) is 3.35. The minimum absolute atomic E-state index is 0.693. The predicted molar refractivity (Wildman–Crippen MR) is 77.4 cm³/mol. The molecule has 102 valence electrons. The second-order valence-corrected chi connectivity index (χ2v) is 4.87. The van der Waals surface area contributed by atoms with Crippen molar-refractivity contribution in [3.63, 3.8) is 0 Å². The van der Waals surface area contributed by atoms with Gasteiger partial charge in [-0.1, -0.05) is 41.9 Å². The zero-order chi connectivity index (χ0) is 13.9. The Morgan fingerprint density at radius 3 is 2.75 bits per heavy atom. The van der Waals surface area contributed by atoms with Crippen LogP contribution in [0.4, 0.5) is 0 Å². The third-order valence-electron chi connectivity index (χ3n) is 3.35. The molecule has 0 bridgehead atoms. The van der Waals surface area contributed by atoms with Gasteiger partial charge in [-0.05, 0) is 6.92 Å². The van der Waals surface area contributed by atoms with E-state index in [0.717, 1.165) is 29.3 Å². The van der Waals surface area contributed by atoms with Gasteiger partial charge in [0.15, 0.2) is 5.76 Å². The van der Waals surface area contributed by atoms with Crippen molar-refractivity contribution in [2.75, 3.05) is 0 Å². The molecule has 0 spiro atoms. The van der Waals surface area contributed by atoms with E-state index in [0.29, 0.717) is 6.54 Å². The molecule has 3 aromatic rings. The van der Waals surface area contributed by atoms with Crippen LogP contribution in [0.3, 0.4) is 0 Å². The van der Waals surface area contributed by atoms with E-state index in [1.165, 1.54) is 5.56 Å². The zero-order valence-electron chi connectivity index (χ0n) is 11.7. The number of imidazole rings is 1. The number of nitrogens with zero attached hydrogens (tertiary/aromatic N) is 3. The van der Waals surface area contributed by atoms with Gasteiger partial charge in [0.25, 0.3) is 0 Å². The van der Waals surface area contributed by atoms with Crippen molar-refractivity contribution in [1.82, 2.24) is 14.7 Å². The molecule has 0 unspecified atom stereocenters. The van der Waals surface area contributed by atoms with Gasteiger partial charge in [-0.15, -0.1) is 0 Å². The lowest BCUT2D eigenvalue weighted by molar-refractivity contribution is 0.421. The Labute approximate surface area is 118 Å². The molecule has 0 fully saturated rings. The molecular formula is C16H17N3O. The summed E-state index contributed by atoms with van der Waals surface area (Å²) in [5, 5.41) is 4.14. The SMILES string of the molecule is CCc1nccn1Cc1cc(-c2ccc(C)cc2)on1. The summed E-state index contributed by atoms with van der Waals surface area (Å²) in [7, 11) is 0. The summed E-state index contributed by atoms with van der Waals surface area (Å²) in [5.74, 6) is 1.86. The van der Waals surface area contributed by atoms with Gasteiger partial charge in [-0.3, -0.25) is 0 Å². The topological polar surface area (TPSA) is 43.9 Å². The number of benzene rings is 1. The van der Waals surface area contributed by atoms with Crippen LogP contribution in [0, 0.1) is 6.92 Å². The molecule has 2 aromatic heterocycles. The van der Waals surface area contributed by atoms with Crippen molar-refractivity contribution in [3.05, 3.63) is 59.8 Å². The van der Waals surface area contributed by atoms with Crippen molar-refractivity contribution in [1.29, 1.82) is 0 Å². The fourth-order valence-corrected chi connectivity index (χ4v) is 2.21. The zero-order valence-corrected chi connectivity index (χ0v) is 11.7. The third kappa shape index (κ3) is 2.50. The van der Waals surface area contributed by atoms with Gasteiger partial charge in [0, 0.05) is 30.4 Å². The summed E-state index contributed by atoms with van der Waals surface area (Å²) in [4.78, 5) is 4.31. The molecule has 0 aliphatic carbocycles. The minimum atomic E-state index is 0.693. The van der Waals surface area contributed by atoms with Gasteiger partial charge in [0.1, 0.15) is 11.5 Å². The summed E-state index contributed by atoms with van der Waals surface area (Å²) < 4.78 is 7.52. The lowest BCUT2D eigenvalue weighted by Gasteiger charge is -2.02. The fraction of sp³-hybridized carbons (Fsp3) is 0.250. The van der Waals surface area contributed by atoms with Gasteiger partial charge < -0.3 is 9.09 Å². The summed E-state index contributed by atoms with van der Waals surface area (Å²) in [6, 6.07) is 10.2. The van der Waals surface area contributed by atoms with Crippen LogP contribution in [0.5, 0.6) is 0 Å². The van der Waals surface area contributed by atoms with E-state index in [-0.39, 0.29) is 0 Å². The monoisotopic (exact) mass is 267 g/mol. The van der Waals surface area contributed by atoms with Gasteiger partial charge in [0.2, 0.25) is 0 Å². The average Bonchev–Trinajstić information content (AvgIpc) is 3.09. The van der Waals surface area contributed by atoms with Crippen LogP contribution in [-0.2, 0) is 13.0 Å². The van der Waals surface area contributed by atoms with E-state index in [2.05, 4.69) is 40.7 Å². The Kier molecular flexibility index (Phi) is 3.37. The van der Waals surface area contributed by atoms with Gasteiger partial charge in [-0.2, -0.15) is 0 Å². The first-order valence-electron chi connectivity index (χ1n) is 6.79. The van der Waals surface area contributed by atoms with E-state index >= 15 is 0 Å². The van der Waals surface area contributed by atoms with E-state index in [9.17, 15) is 0 Å². The molecule has 0 amide bonds. The van der Waals surface area contributed by atoms with E-state index in [1.54, 1.807) is 0 Å². The molecule has 0 aliphatic rings. The number of rotatable bonds is 4. The predicted octanol–water partition coefficient (Wildman–Crippen LogP) is 3.46. The lowest BCUT2D eigenvalue weighted by atomic mass is 10.1. The summed E-state index contributed by atoms with van der Waals surface area (Å²) >= 11 is 0. The fourth-order valence-electron chi connectivity index (χ4n) is 2.21. The van der Waals surface area contributed by atoms with Crippen molar-refractivity contribution in [2.24, 2.45) is 0 Å². The van der Waals surface area contributed by atoms with Crippen LogP contribution < -0.4 is 0 Å². The quantitative estimate of drug-likeness (QED) is 0.727. The second kappa shape index (κ2) is 5.33. The Morgan fingerprint density at radius 1 is 1.20 bits per heavy atom. The van der Waals surface area contributed by atoms with E-state index in [1.807, 2.05) is 30.6 Å². The Bertz CT molecular complexity index is 695. The molecule has 4 nitrogen and oxygen atoms in total. The van der Waals surface area contributed by atoms with Gasteiger partial charge >= 0.3 is 0 Å². The molecule has 0 radical (unpaired) electrons. The second-order valence-electron chi connectivity index (χ2n) is 4.87. The highest BCUT2D eigenvalue weighted by molar-refractivity contribution is 5.57. The number of aromatic nitrogens is 3. The van der Waals surface area contributed by atoms with Crippen LogP contribution >= 0.6 is 0 Å². The van der Waals surface area contributed by atoms with Crippen LogP contribution in [0.15, 0.2) is 47.2 Å². The maximum absolute atomic E-state index is 5.43. The maximum Gasteiger partial charge on any atom is 0.167 e. The molecular weight excluding hydrogens is 250 g/mol. The summed E-state index contributed by atoms with van der Waals surface area (Å²) in [6.45, 7) is 4.86. The lowest BCUT2D eigenvalue weighted by Crippen LogP contribution is -2.03. The Hall–Kier alpha value is -2.36. The van der Waals surface area contributed by atoms with Gasteiger partial charge in [0.05, 0.1) is 6.54 Å². The Morgan fingerprint density at radius 2 is 2.00 bits per heavy atom. The molecule has 20 heavy (non-hydrogen) atoms. The van der Waals surface area contributed by atoms with Gasteiger partial charge in [-0.25, -0.2) is 4.98 Å². The number of hydrogen-bond acceptors (Lipinski definition) is 3. The maximum atomic E-state index is 5.43. The van der Waals surface area contributed by atoms with E-state index in [4.69, 9.17) is 4.52 Å². The average molecular weight is 267 g/mol. The number of hydrogen-bond donors (Lipinski definition) is 0. The largest absolute Gasteiger partial charge is 0.356 e. The standard InChI is InChI=1S/C16H17N3O/c1-3-16-17-8-9-19(16)11-14-10-15(20-18-14)13-6-4-12(2)5-7-13/h4-10H,3,11H2,1-2H3. The van der Waals surface area contributed by atoms with Crippen LogP contribution in [-0.4, -0.2) is 14.7 Å². The molecule has 4 heteroatoms. The van der Waals surface area contributed by atoms with Crippen molar-refractivity contribution < 1.29 is 4.52 Å². The normalized spacial score (nSPS) is 10.9. The molecule has 2 heterocycles. The van der Waals surface area contributed by atoms with Crippen molar-refractivity contribution in [3.8, 4) is 11.3 Å². The highest BCUT2D eigenvalue weighted by atomic mass is 16.5. The molecule has 3 rings (SSSR count). The first-order chi connectivity index (χ1) is 9.76. The molecule has 1 aromatic carbocycles. The van der Waals surface area contributed by atoms with Crippen LogP contribution in [0.1, 0.15) is 24.0 Å². The molecule has 0 atom stereocenters. The molecule has 0 aliphatic heterocycles. The smallest absolute Gasteiger partial charge is 0.167 e. The first-order valence-corrected chi connectivity index (χ1v) is 6.79. The molecule has 0 saturated carbocycles. The van der Waals surface area contributed by atoms with Crippen molar-refractivity contribution in [2.45, 2.75) is 26.8 Å². The molecule has 0 N–H and O–H groups in total. The summed E-state index contributed by atoms with van der Waals surface area (Å²) in [5.41, 5.74) is 3.20. The number of aryl methyl sites for hydroxylation is 2. The summed E-state index contributed by atoms with van der Waals surface area (Å²) in [6.07, 6.45) is 4.70. The van der Waals surface area contributed by atoms with E-state index < -0.39 is 0 Å². The Balaban J connectivity index is 1.82. The minimum Gasteiger partial charge on any atom is -0.356 e. The molecule has 0 saturated heterocycles. The van der Waals surface area contributed by atoms with Crippen LogP contribution in [0.25, 0.3) is 11.3 Å². The van der Waals surface area contributed by atoms with Crippen LogP contribution in [0.2, 0.25) is 0 Å². The van der Waals surface area contributed by atoms with Crippen molar-refractivity contribution >= 4 is 0 Å². The first kappa shape index (κ1) is 12.7. The highest BCUT2D eigenvalue weighted by Crippen LogP contribution is 2.21. The highest BCUT2D eigenvalue weighted by Gasteiger charge is 2.08.